The molecule has 0 bridgehead atoms. The molecule has 1 unspecified atom stereocenters. The normalized spacial score (nSPS) is 43.2. The molecule has 2 aliphatic rings. The van der Waals surface area contributed by atoms with Crippen molar-refractivity contribution in [1.29, 1.82) is 0 Å². The molecule has 2 rings (SSSR count). The maximum Gasteiger partial charge on any atom is 0.0611 e. The van der Waals surface area contributed by atoms with Gasteiger partial charge in [-0.15, -0.1) is 0 Å². The van der Waals surface area contributed by atoms with Gasteiger partial charge in [0.1, 0.15) is 0 Å². The third-order valence-electron chi connectivity index (χ3n) is 4.01. The van der Waals surface area contributed by atoms with E-state index in [1.165, 1.54) is 19.3 Å². The molecule has 1 aliphatic heterocycles. The van der Waals surface area contributed by atoms with Gasteiger partial charge in [0, 0.05) is 6.61 Å². The van der Waals surface area contributed by atoms with Crippen molar-refractivity contribution in [3.63, 3.8) is 0 Å². The highest BCUT2D eigenvalue weighted by atomic mass is 16.5. The monoisotopic (exact) mass is 183 g/mol. The van der Waals surface area contributed by atoms with Crippen molar-refractivity contribution >= 4 is 0 Å². The van der Waals surface area contributed by atoms with Gasteiger partial charge in [-0.1, -0.05) is 13.8 Å². The predicted molar refractivity (Wildman–Crippen MR) is 53.4 cm³/mol. The van der Waals surface area contributed by atoms with Crippen molar-refractivity contribution in [3.8, 4) is 0 Å². The Morgan fingerprint density at radius 3 is 2.62 bits per heavy atom. The van der Waals surface area contributed by atoms with Gasteiger partial charge in [0.25, 0.3) is 0 Å². The molecular formula is C11H21NO. The van der Waals surface area contributed by atoms with E-state index in [-0.39, 0.29) is 0 Å². The van der Waals surface area contributed by atoms with Crippen LogP contribution in [-0.4, -0.2) is 19.3 Å². The lowest BCUT2D eigenvalue weighted by molar-refractivity contribution is -0.00616. The van der Waals surface area contributed by atoms with Crippen LogP contribution in [0.15, 0.2) is 0 Å². The Morgan fingerprint density at radius 1 is 1.38 bits per heavy atom. The highest BCUT2D eigenvalue weighted by Gasteiger charge is 2.60. The molecule has 3 atom stereocenters. The zero-order valence-corrected chi connectivity index (χ0v) is 8.75. The Morgan fingerprint density at radius 2 is 2.15 bits per heavy atom. The fourth-order valence-corrected chi connectivity index (χ4v) is 3.02. The molecule has 0 spiro atoms. The standard InChI is InChI=1S/C11H21NO/c1-11(2)8(7-12)10(11)9-5-3-4-6-13-9/h8-10H,3-7,12H2,1-2H3/t8-,9?,10+/m0/s1. The summed E-state index contributed by atoms with van der Waals surface area (Å²) in [5, 5.41) is 0. The molecule has 2 N–H and O–H groups in total. The number of nitrogens with two attached hydrogens (primary N) is 1. The highest BCUT2D eigenvalue weighted by molar-refractivity contribution is 5.08. The van der Waals surface area contributed by atoms with Gasteiger partial charge >= 0.3 is 0 Å². The molecule has 0 amide bonds. The van der Waals surface area contributed by atoms with Gasteiger partial charge in [0.05, 0.1) is 6.10 Å². The molecule has 1 aliphatic carbocycles. The summed E-state index contributed by atoms with van der Waals surface area (Å²) in [5.41, 5.74) is 6.19. The van der Waals surface area contributed by atoms with E-state index in [1.54, 1.807) is 0 Å². The summed E-state index contributed by atoms with van der Waals surface area (Å²) < 4.78 is 5.81. The largest absolute Gasteiger partial charge is 0.378 e. The Bertz CT molecular complexity index is 185. The van der Waals surface area contributed by atoms with Gasteiger partial charge in [-0.2, -0.15) is 0 Å². The number of ether oxygens (including phenoxy) is 1. The van der Waals surface area contributed by atoms with Crippen molar-refractivity contribution in [3.05, 3.63) is 0 Å². The Balaban J connectivity index is 1.94. The molecule has 13 heavy (non-hydrogen) atoms. The minimum absolute atomic E-state index is 0.441. The second kappa shape index (κ2) is 3.25. The smallest absolute Gasteiger partial charge is 0.0611 e. The first kappa shape index (κ1) is 9.47. The molecule has 0 aromatic heterocycles. The Kier molecular flexibility index (Phi) is 2.37. The minimum Gasteiger partial charge on any atom is -0.378 e. The Hall–Kier alpha value is -0.0800. The van der Waals surface area contributed by atoms with Gasteiger partial charge in [-0.05, 0) is 43.1 Å². The lowest BCUT2D eigenvalue weighted by atomic mass is 10.00. The topological polar surface area (TPSA) is 35.2 Å². The predicted octanol–water partition coefficient (Wildman–Crippen LogP) is 1.79. The lowest BCUT2D eigenvalue weighted by Gasteiger charge is -2.23. The van der Waals surface area contributed by atoms with Crippen molar-refractivity contribution in [2.75, 3.05) is 13.2 Å². The Labute approximate surface area is 80.8 Å². The minimum atomic E-state index is 0.441. The van der Waals surface area contributed by atoms with Gasteiger partial charge in [0.2, 0.25) is 0 Å². The van der Waals surface area contributed by atoms with Crippen LogP contribution in [0.4, 0.5) is 0 Å². The highest BCUT2D eigenvalue weighted by Crippen LogP contribution is 2.60. The maximum absolute atomic E-state index is 5.81. The third kappa shape index (κ3) is 1.50. The molecule has 2 nitrogen and oxygen atoms in total. The van der Waals surface area contributed by atoms with Crippen molar-refractivity contribution < 1.29 is 4.74 Å². The summed E-state index contributed by atoms with van der Waals surface area (Å²) >= 11 is 0. The van der Waals surface area contributed by atoms with Crippen molar-refractivity contribution in [2.24, 2.45) is 23.0 Å². The van der Waals surface area contributed by atoms with Crippen LogP contribution in [0.2, 0.25) is 0 Å². The van der Waals surface area contributed by atoms with Crippen LogP contribution >= 0.6 is 0 Å². The summed E-state index contributed by atoms with van der Waals surface area (Å²) in [6.45, 7) is 6.45. The number of hydrogen-bond donors (Lipinski definition) is 1. The van der Waals surface area contributed by atoms with Crippen molar-refractivity contribution in [1.82, 2.24) is 0 Å². The van der Waals surface area contributed by atoms with Crippen LogP contribution in [0, 0.1) is 17.3 Å². The van der Waals surface area contributed by atoms with Crippen LogP contribution in [0.1, 0.15) is 33.1 Å². The van der Waals surface area contributed by atoms with E-state index in [0.717, 1.165) is 19.1 Å². The summed E-state index contributed by atoms with van der Waals surface area (Å²) in [6, 6.07) is 0. The summed E-state index contributed by atoms with van der Waals surface area (Å²) in [4.78, 5) is 0. The molecular weight excluding hydrogens is 162 g/mol. The first-order chi connectivity index (χ1) is 6.18. The average molecular weight is 183 g/mol. The lowest BCUT2D eigenvalue weighted by Crippen LogP contribution is -2.23. The van der Waals surface area contributed by atoms with E-state index in [9.17, 15) is 0 Å². The molecule has 1 heterocycles. The quantitative estimate of drug-likeness (QED) is 0.708. The molecule has 0 aromatic rings. The molecule has 1 saturated carbocycles. The van der Waals surface area contributed by atoms with Crippen molar-refractivity contribution in [2.45, 2.75) is 39.2 Å². The van der Waals surface area contributed by atoms with Crippen LogP contribution in [0.5, 0.6) is 0 Å². The maximum atomic E-state index is 5.81. The van der Waals surface area contributed by atoms with E-state index < -0.39 is 0 Å². The molecule has 1 saturated heterocycles. The zero-order chi connectivity index (χ0) is 9.47. The first-order valence-electron chi connectivity index (χ1n) is 5.49. The van der Waals surface area contributed by atoms with Gasteiger partial charge in [0.15, 0.2) is 0 Å². The van der Waals surface area contributed by atoms with Gasteiger partial charge < -0.3 is 10.5 Å². The molecule has 2 heteroatoms. The molecule has 76 valence electrons. The van der Waals surface area contributed by atoms with Crippen LogP contribution < -0.4 is 5.73 Å². The summed E-state index contributed by atoms with van der Waals surface area (Å²) in [5.74, 6) is 1.44. The first-order valence-corrected chi connectivity index (χ1v) is 5.49. The summed E-state index contributed by atoms with van der Waals surface area (Å²) in [6.07, 6.45) is 4.35. The number of rotatable bonds is 2. The second-order valence-corrected chi connectivity index (χ2v) is 5.09. The van der Waals surface area contributed by atoms with Crippen LogP contribution in [0.25, 0.3) is 0 Å². The van der Waals surface area contributed by atoms with E-state index in [1.807, 2.05) is 0 Å². The third-order valence-corrected chi connectivity index (χ3v) is 4.01. The van der Waals surface area contributed by atoms with Crippen LogP contribution in [-0.2, 0) is 4.74 Å². The second-order valence-electron chi connectivity index (χ2n) is 5.09. The van der Waals surface area contributed by atoms with E-state index in [0.29, 0.717) is 17.4 Å². The van der Waals surface area contributed by atoms with E-state index in [4.69, 9.17) is 10.5 Å². The molecule has 0 radical (unpaired) electrons. The number of hydrogen-bond acceptors (Lipinski definition) is 2. The van der Waals surface area contributed by atoms with Gasteiger partial charge in [-0.3, -0.25) is 0 Å². The van der Waals surface area contributed by atoms with E-state index >= 15 is 0 Å². The molecule has 0 aromatic carbocycles. The molecule has 2 fully saturated rings. The fourth-order valence-electron chi connectivity index (χ4n) is 3.02. The van der Waals surface area contributed by atoms with Crippen LogP contribution in [0.3, 0.4) is 0 Å². The van der Waals surface area contributed by atoms with E-state index in [2.05, 4.69) is 13.8 Å². The fraction of sp³-hybridized carbons (Fsp3) is 1.00. The zero-order valence-electron chi connectivity index (χ0n) is 8.75. The SMILES string of the molecule is CC1(C)[C@@H](CN)[C@@H]1C1CCCCO1. The van der Waals surface area contributed by atoms with Gasteiger partial charge in [-0.25, -0.2) is 0 Å². The average Bonchev–Trinajstić information content (AvgIpc) is 2.69. The summed E-state index contributed by atoms with van der Waals surface area (Å²) in [7, 11) is 0.